The summed E-state index contributed by atoms with van der Waals surface area (Å²) in [5.41, 5.74) is 0. The van der Waals surface area contributed by atoms with Crippen molar-refractivity contribution in [1.82, 2.24) is 5.32 Å². The first-order chi connectivity index (χ1) is 12.2. The zero-order chi connectivity index (χ0) is 18.6. The van der Waals surface area contributed by atoms with Gasteiger partial charge in [0.15, 0.2) is 0 Å². The van der Waals surface area contributed by atoms with Crippen LogP contribution in [0.2, 0.25) is 0 Å². The third-order valence-electron chi connectivity index (χ3n) is 4.53. The number of hydrogen-bond donors (Lipinski definition) is 1. The Bertz CT molecular complexity index is 324. The Kier molecular flexibility index (Phi) is 25.2. The quantitative estimate of drug-likeness (QED) is 0.159. The van der Waals surface area contributed by atoms with Crippen LogP contribution in [0, 0.1) is 0 Å². The summed E-state index contributed by atoms with van der Waals surface area (Å²) in [5, 5.41) is 2.67. The van der Waals surface area contributed by atoms with Crippen molar-refractivity contribution < 1.29 is 14.3 Å². The SMILES string of the molecule is CCCCCCCCCCCCCCCCCC(=O)OC(=O)CNC.[NaH]. The average Bonchev–Trinajstić information content (AvgIpc) is 2.58. The van der Waals surface area contributed by atoms with E-state index in [0.29, 0.717) is 6.42 Å². The van der Waals surface area contributed by atoms with Crippen LogP contribution >= 0.6 is 0 Å². The Balaban J connectivity index is 0. The van der Waals surface area contributed by atoms with Crippen LogP contribution in [0.25, 0.3) is 0 Å². The zero-order valence-corrected chi connectivity index (χ0v) is 16.7. The topological polar surface area (TPSA) is 55.4 Å². The molecule has 0 aromatic heterocycles. The van der Waals surface area contributed by atoms with Gasteiger partial charge in [-0.25, -0.2) is 0 Å². The van der Waals surface area contributed by atoms with Gasteiger partial charge in [0.1, 0.15) is 0 Å². The second-order valence-electron chi connectivity index (χ2n) is 7.08. The Morgan fingerprint density at radius 2 is 1.04 bits per heavy atom. The maximum absolute atomic E-state index is 11.4. The third kappa shape index (κ3) is 22.1. The van der Waals surface area contributed by atoms with E-state index >= 15 is 0 Å². The minimum atomic E-state index is -0.492. The van der Waals surface area contributed by atoms with Crippen molar-refractivity contribution in [3.8, 4) is 0 Å². The van der Waals surface area contributed by atoms with Crippen LogP contribution in [-0.4, -0.2) is 55.1 Å². The molecule has 150 valence electrons. The summed E-state index contributed by atoms with van der Waals surface area (Å²) < 4.78 is 4.67. The van der Waals surface area contributed by atoms with Gasteiger partial charge < -0.3 is 10.1 Å². The standard InChI is InChI=1S/C21H41NO3.Na.H/c1-3-4-5-6-7-8-9-10-11-12-13-14-15-16-17-18-20(23)25-21(24)19-22-2;;/h22H,3-19H2,1-2H3;;. The molecule has 0 spiro atoms. The van der Waals surface area contributed by atoms with Crippen molar-refractivity contribution in [2.45, 2.75) is 110 Å². The molecule has 0 aromatic rings. The fraction of sp³-hybridized carbons (Fsp3) is 0.905. The van der Waals surface area contributed by atoms with Gasteiger partial charge in [0.05, 0.1) is 6.54 Å². The first-order valence-corrected chi connectivity index (χ1v) is 10.6. The Morgan fingerprint density at radius 3 is 1.42 bits per heavy atom. The van der Waals surface area contributed by atoms with Gasteiger partial charge in [0.2, 0.25) is 0 Å². The zero-order valence-electron chi connectivity index (χ0n) is 16.7. The molecule has 0 aliphatic rings. The molecule has 1 N–H and O–H groups in total. The summed E-state index contributed by atoms with van der Waals surface area (Å²) in [6.07, 6.45) is 19.9. The summed E-state index contributed by atoms with van der Waals surface area (Å²) in [4.78, 5) is 22.5. The Labute approximate surface area is 183 Å². The molecule has 0 amide bonds. The van der Waals surface area contributed by atoms with Gasteiger partial charge in [0, 0.05) is 6.42 Å². The first kappa shape index (κ1) is 28.3. The van der Waals surface area contributed by atoms with Crippen LogP contribution < -0.4 is 5.32 Å². The van der Waals surface area contributed by atoms with Gasteiger partial charge in [-0.2, -0.15) is 0 Å². The fourth-order valence-electron chi connectivity index (χ4n) is 3.00. The minimum absolute atomic E-state index is 0. The molecular formula is C21H42NNaO3. The van der Waals surface area contributed by atoms with Gasteiger partial charge in [-0.1, -0.05) is 96.8 Å². The number of carbonyl (C=O) groups is 2. The predicted molar refractivity (Wildman–Crippen MR) is 112 cm³/mol. The molecule has 0 radical (unpaired) electrons. The molecule has 0 aliphatic carbocycles. The number of hydrogen-bond acceptors (Lipinski definition) is 4. The molecule has 0 saturated carbocycles. The van der Waals surface area contributed by atoms with Gasteiger partial charge in [-0.15, -0.1) is 0 Å². The summed E-state index contributed by atoms with van der Waals surface area (Å²) in [6, 6.07) is 0. The summed E-state index contributed by atoms with van der Waals surface area (Å²) in [5.74, 6) is -0.886. The summed E-state index contributed by atoms with van der Waals surface area (Å²) >= 11 is 0. The van der Waals surface area contributed by atoms with Crippen molar-refractivity contribution in [3.05, 3.63) is 0 Å². The molecule has 4 nitrogen and oxygen atoms in total. The molecule has 0 fully saturated rings. The van der Waals surface area contributed by atoms with Crippen LogP contribution in [0.3, 0.4) is 0 Å². The Morgan fingerprint density at radius 1 is 0.654 bits per heavy atom. The van der Waals surface area contributed by atoms with E-state index in [9.17, 15) is 9.59 Å². The number of nitrogens with one attached hydrogen (secondary N) is 1. The van der Waals surface area contributed by atoms with Crippen molar-refractivity contribution >= 4 is 41.5 Å². The normalized spacial score (nSPS) is 10.4. The molecule has 0 saturated heterocycles. The Hall–Kier alpha value is 0.1000. The second kappa shape index (κ2) is 23.1. The molecule has 0 aliphatic heterocycles. The van der Waals surface area contributed by atoms with E-state index < -0.39 is 11.9 Å². The number of rotatable bonds is 18. The van der Waals surface area contributed by atoms with Gasteiger partial charge >= 0.3 is 41.5 Å². The number of unbranched alkanes of at least 4 members (excludes halogenated alkanes) is 14. The number of likely N-dealkylation sites (N-methyl/N-ethyl adjacent to an activating group) is 1. The van der Waals surface area contributed by atoms with E-state index in [4.69, 9.17) is 0 Å². The van der Waals surface area contributed by atoms with Crippen LogP contribution in [0.4, 0.5) is 0 Å². The number of carbonyl (C=O) groups excluding carboxylic acids is 2. The van der Waals surface area contributed by atoms with E-state index in [2.05, 4.69) is 17.0 Å². The van der Waals surface area contributed by atoms with E-state index in [0.717, 1.165) is 12.8 Å². The van der Waals surface area contributed by atoms with Crippen LogP contribution in [-0.2, 0) is 14.3 Å². The monoisotopic (exact) mass is 379 g/mol. The van der Waals surface area contributed by atoms with Gasteiger partial charge in [-0.05, 0) is 13.5 Å². The molecule has 0 heterocycles. The molecule has 26 heavy (non-hydrogen) atoms. The molecule has 0 atom stereocenters. The molecule has 0 unspecified atom stereocenters. The van der Waals surface area contributed by atoms with Crippen molar-refractivity contribution in [3.63, 3.8) is 0 Å². The second-order valence-corrected chi connectivity index (χ2v) is 7.08. The summed E-state index contributed by atoms with van der Waals surface area (Å²) in [7, 11) is 1.65. The fourth-order valence-corrected chi connectivity index (χ4v) is 3.00. The van der Waals surface area contributed by atoms with Gasteiger partial charge in [-0.3, -0.25) is 9.59 Å². The van der Waals surface area contributed by atoms with E-state index in [1.807, 2.05) is 0 Å². The molecule has 0 bridgehead atoms. The van der Waals surface area contributed by atoms with E-state index in [-0.39, 0.29) is 36.1 Å². The average molecular weight is 380 g/mol. The van der Waals surface area contributed by atoms with E-state index in [1.54, 1.807) is 7.05 Å². The molecular weight excluding hydrogens is 337 g/mol. The third-order valence-corrected chi connectivity index (χ3v) is 4.53. The van der Waals surface area contributed by atoms with Crippen LogP contribution in [0.15, 0.2) is 0 Å². The number of esters is 2. The molecule has 0 aromatic carbocycles. The predicted octanol–water partition coefficient (Wildman–Crippen LogP) is 4.89. The maximum atomic E-state index is 11.4. The van der Waals surface area contributed by atoms with Crippen LogP contribution in [0.1, 0.15) is 110 Å². The van der Waals surface area contributed by atoms with Crippen molar-refractivity contribution in [1.29, 1.82) is 0 Å². The van der Waals surface area contributed by atoms with Crippen molar-refractivity contribution in [2.75, 3.05) is 13.6 Å². The molecule has 0 rings (SSSR count). The van der Waals surface area contributed by atoms with Gasteiger partial charge in [0.25, 0.3) is 0 Å². The van der Waals surface area contributed by atoms with E-state index in [1.165, 1.54) is 83.5 Å². The van der Waals surface area contributed by atoms with Crippen LogP contribution in [0.5, 0.6) is 0 Å². The first-order valence-electron chi connectivity index (χ1n) is 10.6. The summed E-state index contributed by atoms with van der Waals surface area (Å²) in [6.45, 7) is 2.35. The number of ether oxygens (including phenoxy) is 1. The van der Waals surface area contributed by atoms with Crippen molar-refractivity contribution in [2.24, 2.45) is 0 Å². The molecule has 5 heteroatoms.